The van der Waals surface area contributed by atoms with Crippen molar-refractivity contribution in [2.45, 2.75) is 12.8 Å². The maximum Gasteiger partial charge on any atom is 0.254 e. The lowest BCUT2D eigenvalue weighted by molar-refractivity contribution is -0.129. The van der Waals surface area contributed by atoms with E-state index in [1.165, 1.54) is 12.1 Å². The first kappa shape index (κ1) is 13.8. The van der Waals surface area contributed by atoms with Crippen LogP contribution in [0.5, 0.6) is 0 Å². The average Bonchev–Trinajstić information content (AvgIpc) is 2.92. The van der Waals surface area contributed by atoms with Gasteiger partial charge in [-0.05, 0) is 31.0 Å². The quantitative estimate of drug-likeness (QED) is 0.921. The molecule has 0 radical (unpaired) electrons. The van der Waals surface area contributed by atoms with Crippen LogP contribution in [0.15, 0.2) is 18.2 Å². The van der Waals surface area contributed by atoms with Crippen LogP contribution < -0.4 is 5.32 Å². The van der Waals surface area contributed by atoms with E-state index in [4.69, 9.17) is 11.6 Å². The Labute approximate surface area is 115 Å². The van der Waals surface area contributed by atoms with Gasteiger partial charge in [-0.25, -0.2) is 4.39 Å². The highest BCUT2D eigenvalue weighted by Crippen LogP contribution is 2.14. The second-order valence-corrected chi connectivity index (χ2v) is 4.83. The summed E-state index contributed by atoms with van der Waals surface area (Å²) in [6.07, 6.45) is 1.98. The molecule has 0 saturated carbocycles. The fraction of sp³-hybridized carbons (Fsp3) is 0.385. The van der Waals surface area contributed by atoms with E-state index >= 15 is 0 Å². The topological polar surface area (TPSA) is 49.4 Å². The third-order valence-corrected chi connectivity index (χ3v) is 3.27. The summed E-state index contributed by atoms with van der Waals surface area (Å²) in [6.45, 7) is 1.32. The molecule has 0 spiro atoms. The van der Waals surface area contributed by atoms with Crippen LogP contribution in [-0.2, 0) is 4.79 Å². The first-order chi connectivity index (χ1) is 9.08. The second kappa shape index (κ2) is 6.02. The third kappa shape index (κ3) is 3.44. The van der Waals surface area contributed by atoms with Crippen molar-refractivity contribution in [2.75, 3.05) is 19.6 Å². The van der Waals surface area contributed by atoms with Crippen molar-refractivity contribution in [1.29, 1.82) is 0 Å². The van der Waals surface area contributed by atoms with Gasteiger partial charge in [0, 0.05) is 18.1 Å². The van der Waals surface area contributed by atoms with Crippen molar-refractivity contribution in [2.24, 2.45) is 0 Å². The fourth-order valence-electron chi connectivity index (χ4n) is 2.00. The van der Waals surface area contributed by atoms with Crippen LogP contribution >= 0.6 is 11.6 Å². The Morgan fingerprint density at radius 2 is 2.00 bits per heavy atom. The average molecular weight is 285 g/mol. The van der Waals surface area contributed by atoms with Crippen LogP contribution in [0.25, 0.3) is 0 Å². The predicted octanol–water partition coefficient (Wildman–Crippen LogP) is 1.83. The maximum atomic E-state index is 13.4. The first-order valence-electron chi connectivity index (χ1n) is 6.09. The minimum Gasteiger partial charge on any atom is -0.343 e. The Morgan fingerprint density at radius 3 is 2.68 bits per heavy atom. The highest BCUT2D eigenvalue weighted by atomic mass is 35.5. The molecule has 0 unspecified atom stereocenters. The van der Waals surface area contributed by atoms with Crippen molar-refractivity contribution in [1.82, 2.24) is 10.2 Å². The molecule has 19 heavy (non-hydrogen) atoms. The number of likely N-dealkylation sites (tertiary alicyclic amines) is 1. The molecule has 0 bridgehead atoms. The summed E-state index contributed by atoms with van der Waals surface area (Å²) >= 11 is 5.71. The van der Waals surface area contributed by atoms with Crippen molar-refractivity contribution in [3.63, 3.8) is 0 Å². The summed E-state index contributed by atoms with van der Waals surface area (Å²) in [4.78, 5) is 25.2. The number of carbonyl (C=O) groups excluding carboxylic acids is 2. The highest BCUT2D eigenvalue weighted by molar-refractivity contribution is 6.31. The van der Waals surface area contributed by atoms with Crippen LogP contribution in [0.4, 0.5) is 4.39 Å². The zero-order valence-corrected chi connectivity index (χ0v) is 11.0. The molecule has 1 saturated heterocycles. The van der Waals surface area contributed by atoms with Gasteiger partial charge in [-0.3, -0.25) is 9.59 Å². The summed E-state index contributed by atoms with van der Waals surface area (Å²) < 4.78 is 13.4. The van der Waals surface area contributed by atoms with Crippen LogP contribution in [0.2, 0.25) is 5.02 Å². The number of hydrogen-bond donors (Lipinski definition) is 1. The van der Waals surface area contributed by atoms with E-state index in [1.807, 2.05) is 0 Å². The molecule has 4 nitrogen and oxygen atoms in total. The Balaban J connectivity index is 1.93. The van der Waals surface area contributed by atoms with Crippen molar-refractivity contribution >= 4 is 23.4 Å². The van der Waals surface area contributed by atoms with E-state index < -0.39 is 11.7 Å². The molecule has 6 heteroatoms. The summed E-state index contributed by atoms with van der Waals surface area (Å²) in [7, 11) is 0. The van der Waals surface area contributed by atoms with E-state index in [0.29, 0.717) is 0 Å². The SMILES string of the molecule is O=C(NCC(=O)N1CCCC1)c1cc(Cl)ccc1F. The van der Waals surface area contributed by atoms with Crippen molar-refractivity contribution in [3.05, 3.63) is 34.6 Å². The summed E-state index contributed by atoms with van der Waals surface area (Å²) in [5.74, 6) is -1.43. The Morgan fingerprint density at radius 1 is 1.32 bits per heavy atom. The number of carbonyl (C=O) groups is 2. The van der Waals surface area contributed by atoms with Gasteiger partial charge in [0.05, 0.1) is 12.1 Å². The summed E-state index contributed by atoms with van der Waals surface area (Å²) in [6, 6.07) is 3.73. The first-order valence-corrected chi connectivity index (χ1v) is 6.47. The van der Waals surface area contributed by atoms with Gasteiger partial charge in [0.25, 0.3) is 5.91 Å². The molecule has 102 valence electrons. The van der Waals surface area contributed by atoms with Crippen molar-refractivity contribution in [3.8, 4) is 0 Å². The summed E-state index contributed by atoms with van der Waals surface area (Å²) in [5.41, 5.74) is -0.151. The van der Waals surface area contributed by atoms with Crippen LogP contribution in [0.3, 0.4) is 0 Å². The predicted molar refractivity (Wildman–Crippen MR) is 69.6 cm³/mol. The zero-order chi connectivity index (χ0) is 13.8. The molecule has 1 aromatic rings. The van der Waals surface area contributed by atoms with E-state index in [1.54, 1.807) is 4.90 Å². The fourth-order valence-corrected chi connectivity index (χ4v) is 2.17. The lowest BCUT2D eigenvalue weighted by Gasteiger charge is -2.15. The molecule has 1 heterocycles. The summed E-state index contributed by atoms with van der Waals surface area (Å²) in [5, 5.41) is 2.69. The number of rotatable bonds is 3. The van der Waals surface area contributed by atoms with Crippen LogP contribution in [0.1, 0.15) is 23.2 Å². The molecule has 1 aliphatic rings. The number of hydrogen-bond acceptors (Lipinski definition) is 2. The Kier molecular flexibility index (Phi) is 4.37. The standard InChI is InChI=1S/C13H14ClFN2O2/c14-9-3-4-11(15)10(7-9)13(19)16-8-12(18)17-5-1-2-6-17/h3-4,7H,1-2,5-6,8H2,(H,16,19). The number of amides is 2. The molecule has 1 aromatic carbocycles. The van der Waals surface area contributed by atoms with Gasteiger partial charge in [0.2, 0.25) is 5.91 Å². The van der Waals surface area contributed by atoms with E-state index in [9.17, 15) is 14.0 Å². The van der Waals surface area contributed by atoms with Gasteiger partial charge >= 0.3 is 0 Å². The van der Waals surface area contributed by atoms with Crippen LogP contribution in [-0.4, -0.2) is 36.3 Å². The zero-order valence-electron chi connectivity index (χ0n) is 10.3. The van der Waals surface area contributed by atoms with Gasteiger partial charge < -0.3 is 10.2 Å². The van der Waals surface area contributed by atoms with Crippen LogP contribution in [0, 0.1) is 5.82 Å². The molecular weight excluding hydrogens is 271 g/mol. The largest absolute Gasteiger partial charge is 0.343 e. The van der Waals surface area contributed by atoms with Crippen molar-refractivity contribution < 1.29 is 14.0 Å². The Hall–Kier alpha value is -1.62. The number of nitrogens with zero attached hydrogens (tertiary/aromatic N) is 1. The monoisotopic (exact) mass is 284 g/mol. The lowest BCUT2D eigenvalue weighted by atomic mass is 10.2. The van der Waals surface area contributed by atoms with Gasteiger partial charge in [-0.1, -0.05) is 11.6 Å². The molecule has 0 atom stereocenters. The normalized spacial score (nSPS) is 14.5. The van der Waals surface area contributed by atoms with Gasteiger partial charge in [0.15, 0.2) is 0 Å². The minimum atomic E-state index is -0.657. The molecule has 2 amide bonds. The van der Waals surface area contributed by atoms with E-state index in [2.05, 4.69) is 5.32 Å². The molecule has 0 aromatic heterocycles. The number of halogens is 2. The molecule has 1 N–H and O–H groups in total. The second-order valence-electron chi connectivity index (χ2n) is 4.39. The number of benzene rings is 1. The lowest BCUT2D eigenvalue weighted by Crippen LogP contribution is -2.38. The van der Waals surface area contributed by atoms with Gasteiger partial charge in [0.1, 0.15) is 5.82 Å². The minimum absolute atomic E-state index is 0.120. The third-order valence-electron chi connectivity index (χ3n) is 3.03. The van der Waals surface area contributed by atoms with Gasteiger partial charge in [-0.2, -0.15) is 0 Å². The van der Waals surface area contributed by atoms with E-state index in [-0.39, 0.29) is 23.0 Å². The highest BCUT2D eigenvalue weighted by Gasteiger charge is 2.19. The molecular formula is C13H14ClFN2O2. The van der Waals surface area contributed by atoms with Gasteiger partial charge in [-0.15, -0.1) is 0 Å². The molecule has 1 fully saturated rings. The molecule has 1 aliphatic heterocycles. The maximum absolute atomic E-state index is 13.4. The smallest absolute Gasteiger partial charge is 0.254 e. The molecule has 0 aliphatic carbocycles. The Bertz CT molecular complexity index is 501. The number of nitrogens with one attached hydrogen (secondary N) is 1. The van der Waals surface area contributed by atoms with E-state index in [0.717, 1.165) is 32.0 Å². The molecule has 2 rings (SSSR count).